The van der Waals surface area contributed by atoms with Crippen molar-refractivity contribution in [3.05, 3.63) is 24.3 Å². The van der Waals surface area contributed by atoms with Crippen molar-refractivity contribution in [2.24, 2.45) is 11.8 Å². The summed E-state index contributed by atoms with van der Waals surface area (Å²) in [6, 6.07) is 0. The molecule has 1 heterocycles. The van der Waals surface area contributed by atoms with E-state index in [-0.39, 0.29) is 17.7 Å². The maximum absolute atomic E-state index is 12.9. The van der Waals surface area contributed by atoms with Crippen molar-refractivity contribution in [2.75, 3.05) is 20.3 Å². The predicted molar refractivity (Wildman–Crippen MR) is 74.6 cm³/mol. The molecule has 0 unspecified atom stereocenters. The van der Waals surface area contributed by atoms with Gasteiger partial charge in [-0.25, -0.2) is 0 Å². The first-order valence-corrected chi connectivity index (χ1v) is 7.29. The van der Waals surface area contributed by atoms with E-state index >= 15 is 0 Å². The predicted octanol–water partition coefficient (Wildman–Crippen LogP) is 1.42. The van der Waals surface area contributed by atoms with Gasteiger partial charge in [-0.05, 0) is 25.8 Å². The molecule has 2 fully saturated rings. The summed E-state index contributed by atoms with van der Waals surface area (Å²) >= 11 is 0. The number of hydrogen-bond donors (Lipinski definition) is 0. The van der Waals surface area contributed by atoms with Crippen LogP contribution in [0.5, 0.6) is 0 Å². The van der Waals surface area contributed by atoms with Gasteiger partial charge >= 0.3 is 5.97 Å². The molecule has 1 saturated carbocycles. The van der Waals surface area contributed by atoms with Crippen molar-refractivity contribution in [1.29, 1.82) is 0 Å². The minimum Gasteiger partial charge on any atom is -0.466 e. The van der Waals surface area contributed by atoms with Crippen LogP contribution in [0.2, 0.25) is 0 Å². The van der Waals surface area contributed by atoms with Crippen molar-refractivity contribution < 1.29 is 23.8 Å². The van der Waals surface area contributed by atoms with Crippen LogP contribution in [0.15, 0.2) is 24.3 Å². The Labute approximate surface area is 123 Å². The van der Waals surface area contributed by atoms with Crippen LogP contribution < -0.4 is 0 Å². The second-order valence-electron chi connectivity index (χ2n) is 5.81. The Morgan fingerprint density at radius 1 is 1.62 bits per heavy atom. The normalized spacial score (nSPS) is 40.1. The summed E-state index contributed by atoms with van der Waals surface area (Å²) in [4.78, 5) is 25.1. The third-order valence-electron chi connectivity index (χ3n) is 4.88. The molecular weight excluding hydrogens is 272 g/mol. The molecule has 0 radical (unpaired) electrons. The number of methoxy groups -OCH3 is 1. The summed E-state index contributed by atoms with van der Waals surface area (Å²) in [5.74, 6) is -1.18. The van der Waals surface area contributed by atoms with Crippen molar-refractivity contribution in [3.63, 3.8) is 0 Å². The van der Waals surface area contributed by atoms with E-state index in [2.05, 4.69) is 6.58 Å². The highest BCUT2D eigenvalue weighted by atomic mass is 16.6. The van der Waals surface area contributed by atoms with E-state index in [1.54, 1.807) is 19.1 Å². The minimum atomic E-state index is -1.25. The van der Waals surface area contributed by atoms with Gasteiger partial charge in [-0.3, -0.25) is 9.59 Å². The van der Waals surface area contributed by atoms with Crippen LogP contribution in [0, 0.1) is 11.8 Å². The standard InChI is InChI=1S/C16H20O5/c1-4-6-10-8-15(19-3)12(13(17)20-5-2)7-11(10)16(9-21-16)14(15)18/h4,8,11-12H,1,5-7,9H2,2-3H3/t11-,12+,15+,16-/m0/s1. The van der Waals surface area contributed by atoms with E-state index in [9.17, 15) is 9.59 Å². The first-order valence-electron chi connectivity index (χ1n) is 7.29. The molecule has 5 heteroatoms. The van der Waals surface area contributed by atoms with Crippen LogP contribution >= 0.6 is 0 Å². The molecule has 0 aromatic rings. The third kappa shape index (κ3) is 1.77. The molecule has 0 aromatic carbocycles. The molecule has 0 aromatic heterocycles. The molecule has 4 atom stereocenters. The number of esters is 1. The number of Topliss-reactive ketones (excluding diaryl/α,β-unsaturated/α-hetero) is 1. The van der Waals surface area contributed by atoms with Crippen LogP contribution in [-0.4, -0.2) is 43.3 Å². The van der Waals surface area contributed by atoms with Crippen LogP contribution in [0.4, 0.5) is 0 Å². The average Bonchev–Trinajstić information content (AvgIpc) is 3.26. The van der Waals surface area contributed by atoms with Gasteiger partial charge in [0.1, 0.15) is 0 Å². The van der Waals surface area contributed by atoms with Gasteiger partial charge in [0.25, 0.3) is 0 Å². The number of ether oxygens (including phenoxy) is 3. The van der Waals surface area contributed by atoms with Crippen LogP contribution in [-0.2, 0) is 23.8 Å². The number of carbonyl (C=O) groups excluding carboxylic acids is 2. The van der Waals surface area contributed by atoms with Gasteiger partial charge in [0, 0.05) is 13.0 Å². The van der Waals surface area contributed by atoms with Gasteiger partial charge in [0.05, 0.1) is 19.1 Å². The first kappa shape index (κ1) is 14.5. The van der Waals surface area contributed by atoms with E-state index in [0.29, 0.717) is 26.1 Å². The van der Waals surface area contributed by atoms with Crippen LogP contribution in [0.1, 0.15) is 19.8 Å². The van der Waals surface area contributed by atoms with Crippen molar-refractivity contribution in [2.45, 2.75) is 31.0 Å². The summed E-state index contributed by atoms with van der Waals surface area (Å²) in [6.45, 7) is 6.21. The average molecular weight is 292 g/mol. The quantitative estimate of drug-likeness (QED) is 0.435. The van der Waals surface area contributed by atoms with Gasteiger partial charge < -0.3 is 14.2 Å². The molecule has 4 aliphatic rings. The summed E-state index contributed by atoms with van der Waals surface area (Å²) in [7, 11) is 1.47. The second-order valence-corrected chi connectivity index (χ2v) is 5.81. The zero-order valence-electron chi connectivity index (χ0n) is 12.4. The van der Waals surface area contributed by atoms with Crippen molar-refractivity contribution in [3.8, 4) is 0 Å². The summed E-state index contributed by atoms with van der Waals surface area (Å²) in [6.07, 6.45) is 4.80. The van der Waals surface area contributed by atoms with E-state index < -0.39 is 17.1 Å². The van der Waals surface area contributed by atoms with Gasteiger partial charge in [-0.2, -0.15) is 0 Å². The number of fused-ring (bicyclic) bond motifs is 1. The maximum atomic E-state index is 12.9. The van der Waals surface area contributed by atoms with E-state index in [0.717, 1.165) is 5.57 Å². The highest BCUT2D eigenvalue weighted by Crippen LogP contribution is 2.58. The molecule has 0 amide bonds. The fourth-order valence-corrected chi connectivity index (χ4v) is 3.83. The fourth-order valence-electron chi connectivity index (χ4n) is 3.83. The maximum Gasteiger partial charge on any atom is 0.312 e. The van der Waals surface area contributed by atoms with Gasteiger partial charge in [-0.1, -0.05) is 11.6 Å². The number of ketones is 1. The lowest BCUT2D eigenvalue weighted by Crippen LogP contribution is -2.65. The SMILES string of the molecule is C=CCC1=C[C@]2(OC)C(=O)[C@]3(CO3)[C@H]1C[C@@H]2C(=O)OCC. The second kappa shape index (κ2) is 4.78. The summed E-state index contributed by atoms with van der Waals surface area (Å²) in [5.41, 5.74) is -0.966. The number of carbonyl (C=O) groups is 2. The molecule has 114 valence electrons. The Morgan fingerprint density at radius 3 is 2.86 bits per heavy atom. The van der Waals surface area contributed by atoms with Gasteiger partial charge in [0.2, 0.25) is 5.78 Å². The Hall–Kier alpha value is -1.46. The molecule has 1 spiro atoms. The van der Waals surface area contributed by atoms with Crippen LogP contribution in [0.25, 0.3) is 0 Å². The molecule has 3 aliphatic carbocycles. The van der Waals surface area contributed by atoms with Crippen molar-refractivity contribution in [1.82, 2.24) is 0 Å². The molecule has 1 aliphatic heterocycles. The smallest absolute Gasteiger partial charge is 0.312 e. The molecule has 4 rings (SSSR count). The van der Waals surface area contributed by atoms with Crippen molar-refractivity contribution >= 4 is 11.8 Å². The van der Waals surface area contributed by atoms with Gasteiger partial charge in [-0.15, -0.1) is 6.58 Å². The Bertz CT molecular complexity index is 531. The number of hydrogen-bond acceptors (Lipinski definition) is 5. The van der Waals surface area contributed by atoms with E-state index in [4.69, 9.17) is 14.2 Å². The monoisotopic (exact) mass is 292 g/mol. The summed E-state index contributed by atoms with van der Waals surface area (Å²) in [5, 5.41) is 0. The Kier molecular flexibility index (Phi) is 3.30. The lowest BCUT2D eigenvalue weighted by Gasteiger charge is -2.49. The lowest BCUT2D eigenvalue weighted by atomic mass is 9.56. The number of rotatable bonds is 5. The zero-order chi connectivity index (χ0) is 15.3. The lowest BCUT2D eigenvalue weighted by molar-refractivity contribution is -0.176. The number of epoxide rings is 1. The topological polar surface area (TPSA) is 65.1 Å². The highest BCUT2D eigenvalue weighted by Gasteiger charge is 2.73. The third-order valence-corrected chi connectivity index (χ3v) is 4.88. The van der Waals surface area contributed by atoms with Crippen LogP contribution in [0.3, 0.4) is 0 Å². The fraction of sp³-hybridized carbons (Fsp3) is 0.625. The Morgan fingerprint density at radius 2 is 2.33 bits per heavy atom. The zero-order valence-corrected chi connectivity index (χ0v) is 12.4. The molecule has 5 nitrogen and oxygen atoms in total. The molecule has 0 N–H and O–H groups in total. The number of allylic oxidation sites excluding steroid dienone is 1. The molecule has 1 saturated heterocycles. The van der Waals surface area contributed by atoms with E-state index in [1.165, 1.54) is 7.11 Å². The summed E-state index contributed by atoms with van der Waals surface area (Å²) < 4.78 is 16.2. The highest BCUT2D eigenvalue weighted by molar-refractivity contribution is 6.05. The Balaban J connectivity index is 2.05. The van der Waals surface area contributed by atoms with Gasteiger partial charge in [0.15, 0.2) is 11.2 Å². The van der Waals surface area contributed by atoms with E-state index in [1.807, 2.05) is 0 Å². The molecular formula is C16H20O5. The minimum absolute atomic E-state index is 0.0746. The largest absolute Gasteiger partial charge is 0.466 e. The first-order chi connectivity index (χ1) is 10.1. The molecule has 21 heavy (non-hydrogen) atoms. The molecule has 2 bridgehead atoms.